The number of nitrogens with zero attached hydrogens (tertiary/aromatic N) is 10. The van der Waals surface area contributed by atoms with Crippen molar-refractivity contribution in [1.82, 2.24) is 49.0 Å². The summed E-state index contributed by atoms with van der Waals surface area (Å²) in [6, 6.07) is 0. The zero-order chi connectivity index (χ0) is 50.8. The second-order valence-electron chi connectivity index (χ2n) is 17.2. The van der Waals surface area contributed by atoms with Crippen LogP contribution < -0.4 is 0 Å². The Bertz CT molecular complexity index is 1440. The van der Waals surface area contributed by atoms with E-state index in [2.05, 4.69) is 0 Å². The molecule has 0 aliphatic carbocycles. The first-order valence-electron chi connectivity index (χ1n) is 22.4. The van der Waals surface area contributed by atoms with Crippen molar-refractivity contribution in [2.24, 2.45) is 0 Å². The fraction of sp³-hybridized carbons (Fsp3) is 0.800. The van der Waals surface area contributed by atoms with E-state index in [9.17, 15) is 89.4 Å². The number of rotatable bonds is 27. The van der Waals surface area contributed by atoms with Crippen molar-refractivity contribution < 1.29 is 89.4 Å². The van der Waals surface area contributed by atoms with Gasteiger partial charge in [0.2, 0.25) is 0 Å². The molecule has 0 amide bonds. The molecule has 0 spiro atoms. The standard InChI is InChI=1S/C40H72N10O18/c51-31(19-41-1-5-43(23-33(53)54)9-13-47(27-37(61)62)14-10-44(6-2-41)24-34(55)56)21-49(29-39(65)66)17-18-50(30-40(67)68)22-32(52)20-42-3-7-45(25-35(57)58)11-15-48(28-38(63)64)16-12-46(8-4-42)26-36(59)60/h31-32,51-52H,1-30H2,(H,53,54)(H,55,56)(H,57,58)(H,59,60)(H,61,62)(H,63,64)(H,65,66)(H,67,68). The monoisotopic (exact) mass is 981 g/mol. The van der Waals surface area contributed by atoms with Gasteiger partial charge in [0.05, 0.1) is 64.6 Å². The first kappa shape index (κ1) is 59.4. The van der Waals surface area contributed by atoms with Crippen LogP contribution >= 0.6 is 0 Å². The lowest BCUT2D eigenvalue weighted by Gasteiger charge is -2.35. The summed E-state index contributed by atoms with van der Waals surface area (Å²) < 4.78 is 0. The maximum absolute atomic E-state index is 12.0. The van der Waals surface area contributed by atoms with Gasteiger partial charge in [-0.2, -0.15) is 0 Å². The van der Waals surface area contributed by atoms with E-state index in [4.69, 9.17) is 0 Å². The number of aliphatic carboxylic acids is 8. The molecule has 390 valence electrons. The van der Waals surface area contributed by atoms with Gasteiger partial charge in [-0.15, -0.1) is 0 Å². The highest BCUT2D eigenvalue weighted by Crippen LogP contribution is 2.07. The molecule has 2 aliphatic heterocycles. The van der Waals surface area contributed by atoms with Crippen LogP contribution in [-0.4, -0.2) is 356 Å². The van der Waals surface area contributed by atoms with Crippen molar-refractivity contribution in [2.75, 3.05) is 196 Å². The van der Waals surface area contributed by atoms with Crippen molar-refractivity contribution in [1.29, 1.82) is 0 Å². The van der Waals surface area contributed by atoms with Crippen molar-refractivity contribution in [2.45, 2.75) is 12.2 Å². The van der Waals surface area contributed by atoms with Gasteiger partial charge >= 0.3 is 47.8 Å². The molecular weight excluding hydrogens is 908 g/mol. The summed E-state index contributed by atoms with van der Waals surface area (Å²) in [6.07, 6.45) is -2.38. The molecule has 0 aromatic carbocycles. The summed E-state index contributed by atoms with van der Waals surface area (Å²) in [5, 5.41) is 99.2. The van der Waals surface area contributed by atoms with E-state index in [1.165, 1.54) is 9.80 Å². The number of hydrogen-bond donors (Lipinski definition) is 10. The van der Waals surface area contributed by atoms with Crippen LogP contribution in [0.5, 0.6) is 0 Å². The summed E-state index contributed by atoms with van der Waals surface area (Å²) >= 11 is 0. The molecule has 2 heterocycles. The molecule has 0 bridgehead atoms. The van der Waals surface area contributed by atoms with Crippen LogP contribution in [-0.2, 0) is 38.4 Å². The summed E-state index contributed by atoms with van der Waals surface area (Å²) in [4.78, 5) is 110. The highest BCUT2D eigenvalue weighted by Gasteiger charge is 2.26. The quantitative estimate of drug-likeness (QED) is 0.0366. The van der Waals surface area contributed by atoms with Gasteiger partial charge in [-0.25, -0.2) is 0 Å². The largest absolute Gasteiger partial charge is 0.480 e. The predicted molar refractivity (Wildman–Crippen MR) is 237 cm³/mol. The minimum atomic E-state index is -1.24. The predicted octanol–water partition coefficient (Wildman–Crippen LogP) is -6.57. The molecule has 2 rings (SSSR count). The summed E-state index contributed by atoms with van der Waals surface area (Å²) in [6.45, 7) is -0.580. The Morgan fingerprint density at radius 2 is 0.485 bits per heavy atom. The van der Waals surface area contributed by atoms with Gasteiger partial charge in [-0.1, -0.05) is 0 Å². The Balaban J connectivity index is 2.20. The van der Waals surface area contributed by atoms with E-state index in [0.29, 0.717) is 0 Å². The van der Waals surface area contributed by atoms with Gasteiger partial charge in [-0.3, -0.25) is 87.4 Å². The van der Waals surface area contributed by atoms with Crippen LogP contribution in [0.15, 0.2) is 0 Å². The number of β-amino-alcohol motifs (C(OH)–C–C–N with tert-alkyl or cyclic N) is 2. The van der Waals surface area contributed by atoms with Gasteiger partial charge < -0.3 is 51.1 Å². The third-order valence-electron chi connectivity index (χ3n) is 11.3. The van der Waals surface area contributed by atoms with Crippen molar-refractivity contribution >= 4 is 47.8 Å². The van der Waals surface area contributed by atoms with E-state index in [1.54, 1.807) is 39.2 Å². The van der Waals surface area contributed by atoms with Crippen LogP contribution in [0.25, 0.3) is 0 Å². The lowest BCUT2D eigenvalue weighted by molar-refractivity contribution is -0.141. The van der Waals surface area contributed by atoms with Crippen LogP contribution in [0.2, 0.25) is 0 Å². The fourth-order valence-electron chi connectivity index (χ4n) is 8.06. The van der Waals surface area contributed by atoms with Crippen LogP contribution in [0.4, 0.5) is 0 Å². The zero-order valence-corrected chi connectivity index (χ0v) is 38.6. The lowest BCUT2D eigenvalue weighted by atomic mass is 10.2. The van der Waals surface area contributed by atoms with Gasteiger partial charge in [0, 0.05) is 144 Å². The average Bonchev–Trinajstić information content (AvgIpc) is 3.20. The highest BCUT2D eigenvalue weighted by molar-refractivity contribution is 5.71. The molecule has 68 heavy (non-hydrogen) atoms. The average molecular weight is 981 g/mol. The Morgan fingerprint density at radius 1 is 0.309 bits per heavy atom. The third-order valence-corrected chi connectivity index (χ3v) is 11.3. The summed E-state index contributed by atoms with van der Waals surface area (Å²) in [5.74, 6) is -9.08. The molecule has 2 aliphatic rings. The summed E-state index contributed by atoms with van der Waals surface area (Å²) in [7, 11) is 0. The van der Waals surface area contributed by atoms with E-state index in [0.717, 1.165) is 0 Å². The summed E-state index contributed by atoms with van der Waals surface area (Å²) in [5.41, 5.74) is 0. The number of hydrogen-bond acceptors (Lipinski definition) is 20. The maximum Gasteiger partial charge on any atom is 0.317 e. The molecule has 2 atom stereocenters. The van der Waals surface area contributed by atoms with Gasteiger partial charge in [0.25, 0.3) is 0 Å². The van der Waals surface area contributed by atoms with Gasteiger partial charge in [-0.05, 0) is 0 Å². The van der Waals surface area contributed by atoms with Crippen LogP contribution in [0.1, 0.15) is 0 Å². The smallest absolute Gasteiger partial charge is 0.317 e. The maximum atomic E-state index is 12.0. The Kier molecular flexibility index (Phi) is 28.1. The number of carboxylic acid groups (broad SMARTS) is 8. The molecule has 0 aromatic rings. The van der Waals surface area contributed by atoms with Gasteiger partial charge in [0.15, 0.2) is 0 Å². The lowest BCUT2D eigenvalue weighted by Crippen LogP contribution is -2.51. The Labute approximate surface area is 394 Å². The molecule has 0 saturated carbocycles. The molecular formula is C40H72N10O18. The van der Waals surface area contributed by atoms with Crippen LogP contribution in [0.3, 0.4) is 0 Å². The Hall–Kier alpha value is -4.72. The second-order valence-corrected chi connectivity index (χ2v) is 17.2. The minimum absolute atomic E-state index is 0.0369. The van der Waals surface area contributed by atoms with Crippen molar-refractivity contribution in [3.8, 4) is 0 Å². The van der Waals surface area contributed by atoms with Crippen molar-refractivity contribution in [3.05, 3.63) is 0 Å². The first-order valence-corrected chi connectivity index (χ1v) is 22.4. The fourth-order valence-corrected chi connectivity index (χ4v) is 8.06. The molecule has 0 radical (unpaired) electrons. The van der Waals surface area contributed by atoms with E-state index in [1.807, 2.05) is 0 Å². The van der Waals surface area contributed by atoms with E-state index < -0.39 is 73.1 Å². The number of carbonyl (C=O) groups is 8. The number of aliphatic hydroxyl groups excluding tert-OH is 2. The highest BCUT2D eigenvalue weighted by atomic mass is 16.4. The topological polar surface area (TPSA) is 371 Å². The molecule has 28 heteroatoms. The Morgan fingerprint density at radius 3 is 0.647 bits per heavy atom. The second kappa shape index (κ2) is 32.2. The molecule has 2 fully saturated rings. The molecule has 28 nitrogen and oxygen atoms in total. The minimum Gasteiger partial charge on any atom is -0.480 e. The number of aliphatic hydroxyl groups is 2. The van der Waals surface area contributed by atoms with E-state index >= 15 is 0 Å². The first-order chi connectivity index (χ1) is 32.0. The molecule has 2 unspecified atom stereocenters. The van der Waals surface area contributed by atoms with E-state index in [-0.39, 0.29) is 183 Å². The molecule has 10 N–H and O–H groups in total. The van der Waals surface area contributed by atoms with Gasteiger partial charge in [0.1, 0.15) is 0 Å². The molecule has 2 saturated heterocycles. The SMILES string of the molecule is O=C(O)CN1CCN(CC(=O)O)CCN(CC(O)CN(CCN(CC(=O)O)CC(O)CN2CCN(CC(=O)O)CCN(CC(=O)O)CCN(CC(=O)O)CC2)CC(=O)O)CCN(CC(=O)O)CC1. The van der Waals surface area contributed by atoms with Crippen molar-refractivity contribution in [3.63, 3.8) is 0 Å². The zero-order valence-electron chi connectivity index (χ0n) is 38.6. The number of carboxylic acids is 8. The van der Waals surface area contributed by atoms with Crippen LogP contribution in [0, 0.1) is 0 Å². The normalized spacial score (nSPS) is 19.5. The molecule has 0 aromatic heterocycles. The third kappa shape index (κ3) is 28.6.